The van der Waals surface area contributed by atoms with E-state index in [4.69, 9.17) is 0 Å². The Kier molecular flexibility index (Phi) is 4.96. The molecule has 138 valence electrons. The van der Waals surface area contributed by atoms with Crippen LogP contribution in [0.2, 0.25) is 0 Å². The second-order valence-corrected chi connectivity index (χ2v) is 7.73. The number of carbonyl (C=O) groups is 2. The highest BCUT2D eigenvalue weighted by Crippen LogP contribution is 2.30. The lowest BCUT2D eigenvalue weighted by atomic mass is 9.81. The van der Waals surface area contributed by atoms with Crippen LogP contribution in [0.15, 0.2) is 30.5 Å². The van der Waals surface area contributed by atoms with E-state index in [1.54, 1.807) is 0 Å². The quantitative estimate of drug-likeness (QED) is 0.747. The lowest BCUT2D eigenvalue weighted by Crippen LogP contribution is -2.38. The summed E-state index contributed by atoms with van der Waals surface area (Å²) in [6, 6.07) is 8.65. The molecule has 1 heterocycles. The zero-order chi connectivity index (χ0) is 17.9. The molecule has 1 aromatic carbocycles. The van der Waals surface area contributed by atoms with Gasteiger partial charge >= 0.3 is 0 Å². The number of amides is 2. The summed E-state index contributed by atoms with van der Waals surface area (Å²) in [4.78, 5) is 27.8. The van der Waals surface area contributed by atoms with E-state index in [9.17, 15) is 9.59 Å². The maximum absolute atomic E-state index is 12.4. The van der Waals surface area contributed by atoms with Crippen molar-refractivity contribution in [2.24, 2.45) is 11.8 Å². The number of para-hydroxylation sites is 1. The number of aromatic nitrogens is 1. The van der Waals surface area contributed by atoms with Crippen molar-refractivity contribution in [3.05, 3.63) is 36.0 Å². The SMILES string of the molecule is O=C(NCCc1c[nH]c2ccccc12)C1CCC(C(=O)NC2CC2)CC1. The molecule has 3 N–H and O–H groups in total. The van der Waals surface area contributed by atoms with E-state index in [2.05, 4.69) is 27.8 Å². The molecule has 26 heavy (non-hydrogen) atoms. The van der Waals surface area contributed by atoms with Crippen LogP contribution in [-0.2, 0) is 16.0 Å². The molecule has 2 aliphatic rings. The van der Waals surface area contributed by atoms with Gasteiger partial charge in [-0.3, -0.25) is 9.59 Å². The van der Waals surface area contributed by atoms with Crippen molar-refractivity contribution in [1.82, 2.24) is 15.6 Å². The maximum Gasteiger partial charge on any atom is 0.223 e. The van der Waals surface area contributed by atoms with E-state index in [-0.39, 0.29) is 23.7 Å². The van der Waals surface area contributed by atoms with Crippen LogP contribution in [0, 0.1) is 11.8 Å². The van der Waals surface area contributed by atoms with Gasteiger partial charge in [0.15, 0.2) is 0 Å². The van der Waals surface area contributed by atoms with E-state index in [0.29, 0.717) is 12.6 Å². The first-order valence-corrected chi connectivity index (χ1v) is 9.84. The smallest absolute Gasteiger partial charge is 0.223 e. The van der Waals surface area contributed by atoms with Crippen molar-refractivity contribution in [1.29, 1.82) is 0 Å². The molecule has 2 amide bonds. The topological polar surface area (TPSA) is 74.0 Å². The van der Waals surface area contributed by atoms with Crippen LogP contribution in [0.4, 0.5) is 0 Å². The summed E-state index contributed by atoms with van der Waals surface area (Å²) in [7, 11) is 0. The average Bonchev–Trinajstić information content (AvgIpc) is 3.39. The van der Waals surface area contributed by atoms with Gasteiger partial charge in [-0.05, 0) is 56.6 Å². The van der Waals surface area contributed by atoms with Crippen molar-refractivity contribution < 1.29 is 9.59 Å². The van der Waals surface area contributed by atoms with Crippen molar-refractivity contribution >= 4 is 22.7 Å². The number of carbonyl (C=O) groups excluding carboxylic acids is 2. The van der Waals surface area contributed by atoms with Crippen molar-refractivity contribution in [3.63, 3.8) is 0 Å². The van der Waals surface area contributed by atoms with Gasteiger partial charge in [-0.1, -0.05) is 18.2 Å². The van der Waals surface area contributed by atoms with Gasteiger partial charge in [0, 0.05) is 41.5 Å². The fourth-order valence-corrected chi connectivity index (χ4v) is 3.97. The van der Waals surface area contributed by atoms with Gasteiger partial charge in [-0.25, -0.2) is 0 Å². The number of benzene rings is 1. The van der Waals surface area contributed by atoms with Crippen LogP contribution in [0.3, 0.4) is 0 Å². The van der Waals surface area contributed by atoms with Gasteiger partial charge in [-0.15, -0.1) is 0 Å². The molecule has 5 heteroatoms. The number of H-pyrrole nitrogens is 1. The summed E-state index contributed by atoms with van der Waals surface area (Å²) in [6.07, 6.45) is 8.41. The fourth-order valence-electron chi connectivity index (χ4n) is 3.97. The Morgan fingerprint density at radius 2 is 1.65 bits per heavy atom. The van der Waals surface area contributed by atoms with E-state index in [1.807, 2.05) is 18.3 Å². The Morgan fingerprint density at radius 1 is 0.962 bits per heavy atom. The van der Waals surface area contributed by atoms with Crippen molar-refractivity contribution in [3.8, 4) is 0 Å². The molecule has 2 aromatic rings. The van der Waals surface area contributed by atoms with Gasteiger partial charge in [-0.2, -0.15) is 0 Å². The van der Waals surface area contributed by atoms with Crippen LogP contribution in [0.5, 0.6) is 0 Å². The maximum atomic E-state index is 12.4. The van der Waals surface area contributed by atoms with Crippen molar-refractivity contribution in [2.45, 2.75) is 51.0 Å². The molecule has 0 saturated heterocycles. The Morgan fingerprint density at radius 3 is 2.38 bits per heavy atom. The summed E-state index contributed by atoms with van der Waals surface area (Å²) in [5, 5.41) is 7.40. The number of hydrogen-bond donors (Lipinski definition) is 3. The molecule has 0 atom stereocenters. The van der Waals surface area contributed by atoms with Crippen LogP contribution in [0.1, 0.15) is 44.1 Å². The third-order valence-corrected chi connectivity index (χ3v) is 5.76. The molecule has 0 spiro atoms. The molecule has 2 saturated carbocycles. The van der Waals surface area contributed by atoms with Gasteiger partial charge in [0.2, 0.25) is 11.8 Å². The molecule has 0 bridgehead atoms. The fraction of sp³-hybridized carbons (Fsp3) is 0.524. The van der Waals surface area contributed by atoms with Gasteiger partial charge in [0.05, 0.1) is 0 Å². The van der Waals surface area contributed by atoms with Gasteiger partial charge < -0.3 is 15.6 Å². The van der Waals surface area contributed by atoms with Crippen LogP contribution < -0.4 is 10.6 Å². The Bertz CT molecular complexity index is 785. The van der Waals surface area contributed by atoms with Crippen molar-refractivity contribution in [2.75, 3.05) is 6.54 Å². The summed E-state index contributed by atoms with van der Waals surface area (Å²) in [5.41, 5.74) is 2.37. The molecule has 4 rings (SSSR count). The number of rotatable bonds is 6. The second-order valence-electron chi connectivity index (χ2n) is 7.73. The summed E-state index contributed by atoms with van der Waals surface area (Å²) < 4.78 is 0. The lowest BCUT2D eigenvalue weighted by molar-refractivity contribution is -0.130. The number of aromatic amines is 1. The van der Waals surface area contributed by atoms with Gasteiger partial charge in [0.25, 0.3) is 0 Å². The molecule has 0 radical (unpaired) electrons. The normalized spacial score (nSPS) is 22.9. The molecular formula is C21H27N3O2. The third-order valence-electron chi connectivity index (χ3n) is 5.76. The minimum Gasteiger partial charge on any atom is -0.361 e. The molecule has 2 aliphatic carbocycles. The Labute approximate surface area is 153 Å². The largest absolute Gasteiger partial charge is 0.361 e. The summed E-state index contributed by atoms with van der Waals surface area (Å²) in [6.45, 7) is 0.656. The zero-order valence-corrected chi connectivity index (χ0v) is 15.1. The Balaban J connectivity index is 1.21. The lowest BCUT2D eigenvalue weighted by Gasteiger charge is -2.27. The first kappa shape index (κ1) is 17.1. The standard InChI is InChI=1S/C21H27N3O2/c25-20(14-5-7-15(8-6-14)21(26)24-17-9-10-17)22-12-11-16-13-23-19-4-2-1-3-18(16)19/h1-4,13-15,17,23H,5-12H2,(H,22,25)(H,24,26). The highest BCUT2D eigenvalue weighted by Gasteiger charge is 2.32. The average molecular weight is 353 g/mol. The predicted octanol–water partition coefficient (Wildman–Crippen LogP) is 2.91. The molecular weight excluding hydrogens is 326 g/mol. The molecule has 0 aliphatic heterocycles. The zero-order valence-electron chi connectivity index (χ0n) is 15.1. The minimum atomic E-state index is 0.0583. The predicted molar refractivity (Wildman–Crippen MR) is 102 cm³/mol. The van der Waals surface area contributed by atoms with Crippen LogP contribution >= 0.6 is 0 Å². The van der Waals surface area contributed by atoms with Crippen LogP contribution in [-0.4, -0.2) is 29.4 Å². The summed E-state index contributed by atoms with van der Waals surface area (Å²) in [5.74, 6) is 0.505. The first-order chi connectivity index (χ1) is 12.7. The molecule has 1 aromatic heterocycles. The molecule has 5 nitrogen and oxygen atoms in total. The number of nitrogens with one attached hydrogen (secondary N) is 3. The number of fused-ring (bicyclic) bond motifs is 1. The molecule has 0 unspecified atom stereocenters. The Hall–Kier alpha value is -2.30. The summed E-state index contributed by atoms with van der Waals surface area (Å²) >= 11 is 0. The highest BCUT2D eigenvalue weighted by atomic mass is 16.2. The highest BCUT2D eigenvalue weighted by molar-refractivity contribution is 5.83. The minimum absolute atomic E-state index is 0.0583. The van der Waals surface area contributed by atoms with E-state index < -0.39 is 0 Å². The monoisotopic (exact) mass is 353 g/mol. The first-order valence-electron chi connectivity index (χ1n) is 9.84. The van der Waals surface area contributed by atoms with Gasteiger partial charge in [0.1, 0.15) is 0 Å². The van der Waals surface area contributed by atoms with E-state index in [1.165, 1.54) is 10.9 Å². The second kappa shape index (κ2) is 7.52. The molecule has 2 fully saturated rings. The van der Waals surface area contributed by atoms with E-state index >= 15 is 0 Å². The van der Waals surface area contributed by atoms with Crippen LogP contribution in [0.25, 0.3) is 10.9 Å². The third kappa shape index (κ3) is 3.92. The number of hydrogen-bond acceptors (Lipinski definition) is 2. The van der Waals surface area contributed by atoms with E-state index in [0.717, 1.165) is 50.5 Å².